The maximum Gasteiger partial charge on any atom is 0.266 e. The third-order valence-corrected chi connectivity index (χ3v) is 6.75. The number of ether oxygens (including phenoxy) is 1. The maximum atomic E-state index is 12.7. The van der Waals surface area contributed by atoms with Crippen molar-refractivity contribution >= 4 is 44.4 Å². The molecule has 0 aliphatic rings. The van der Waals surface area contributed by atoms with E-state index in [2.05, 4.69) is 52.4 Å². The molecule has 0 unspecified atom stereocenters. The van der Waals surface area contributed by atoms with Gasteiger partial charge < -0.3 is 10.1 Å². The van der Waals surface area contributed by atoms with Crippen molar-refractivity contribution in [2.24, 2.45) is 0 Å². The van der Waals surface area contributed by atoms with Gasteiger partial charge in [-0.15, -0.1) is 0 Å². The highest BCUT2D eigenvalue weighted by Gasteiger charge is 2.13. The molecule has 0 aliphatic heterocycles. The molecular formula is C30H25BrN2O2. The molecule has 0 bridgehead atoms. The van der Waals surface area contributed by atoms with Gasteiger partial charge in [0.05, 0.1) is 4.47 Å². The molecule has 0 radical (unpaired) electrons. The zero-order valence-electron chi connectivity index (χ0n) is 19.9. The summed E-state index contributed by atoms with van der Waals surface area (Å²) in [6.07, 6.45) is 1.57. The number of nitrogens with one attached hydrogen (secondary N) is 1. The summed E-state index contributed by atoms with van der Waals surface area (Å²) in [5.41, 5.74) is 5.81. The Morgan fingerprint density at radius 3 is 2.57 bits per heavy atom. The summed E-state index contributed by atoms with van der Waals surface area (Å²) in [7, 11) is 0. The minimum atomic E-state index is -0.441. The fourth-order valence-electron chi connectivity index (χ4n) is 3.90. The van der Waals surface area contributed by atoms with Crippen LogP contribution in [0.15, 0.2) is 82.8 Å². The number of fused-ring (bicyclic) bond motifs is 1. The summed E-state index contributed by atoms with van der Waals surface area (Å²) >= 11 is 3.57. The Labute approximate surface area is 214 Å². The third-order valence-electron chi connectivity index (χ3n) is 6.13. The van der Waals surface area contributed by atoms with Gasteiger partial charge in [-0.3, -0.25) is 4.79 Å². The average molecular weight is 525 g/mol. The quantitative estimate of drug-likeness (QED) is 0.208. The molecule has 5 heteroatoms. The summed E-state index contributed by atoms with van der Waals surface area (Å²) in [5, 5.41) is 14.8. The Bertz CT molecular complexity index is 1500. The summed E-state index contributed by atoms with van der Waals surface area (Å²) in [6.45, 7) is 6.44. The SMILES string of the molecule is Cc1cccc(NC(=O)/C(C#N)=C/c2ccc(OCc3c(C)ccc4ccccc34)c(Br)c2)c1C. The van der Waals surface area contributed by atoms with Crippen molar-refractivity contribution in [3.05, 3.63) is 111 Å². The van der Waals surface area contributed by atoms with Crippen LogP contribution in [0, 0.1) is 32.1 Å². The van der Waals surface area contributed by atoms with Crippen LogP contribution >= 0.6 is 15.9 Å². The van der Waals surface area contributed by atoms with Gasteiger partial charge in [-0.05, 0) is 94.0 Å². The number of hydrogen-bond donors (Lipinski definition) is 1. The molecule has 35 heavy (non-hydrogen) atoms. The van der Waals surface area contributed by atoms with E-state index < -0.39 is 5.91 Å². The van der Waals surface area contributed by atoms with Gasteiger partial charge in [0.2, 0.25) is 0 Å². The van der Waals surface area contributed by atoms with Crippen molar-refractivity contribution in [2.75, 3.05) is 5.32 Å². The topological polar surface area (TPSA) is 62.1 Å². The lowest BCUT2D eigenvalue weighted by atomic mass is 10.0. The van der Waals surface area contributed by atoms with E-state index in [9.17, 15) is 10.1 Å². The maximum absolute atomic E-state index is 12.7. The Morgan fingerprint density at radius 1 is 1.00 bits per heavy atom. The van der Waals surface area contributed by atoms with Crippen LogP contribution < -0.4 is 10.1 Å². The molecule has 4 aromatic carbocycles. The molecule has 0 aliphatic carbocycles. The van der Waals surface area contributed by atoms with Crippen LogP contribution in [0.5, 0.6) is 5.75 Å². The first-order valence-corrected chi connectivity index (χ1v) is 12.1. The first-order chi connectivity index (χ1) is 16.9. The number of carbonyl (C=O) groups excluding carboxylic acids is 1. The van der Waals surface area contributed by atoms with Crippen molar-refractivity contribution in [1.29, 1.82) is 5.26 Å². The average Bonchev–Trinajstić information content (AvgIpc) is 2.85. The van der Waals surface area contributed by atoms with E-state index in [-0.39, 0.29) is 5.57 Å². The fraction of sp³-hybridized carbons (Fsp3) is 0.133. The van der Waals surface area contributed by atoms with Gasteiger partial charge >= 0.3 is 0 Å². The third kappa shape index (κ3) is 5.45. The smallest absolute Gasteiger partial charge is 0.266 e. The monoisotopic (exact) mass is 524 g/mol. The second kappa shape index (κ2) is 10.6. The van der Waals surface area contributed by atoms with Gasteiger partial charge in [-0.25, -0.2) is 0 Å². The van der Waals surface area contributed by atoms with Gasteiger partial charge in [0.15, 0.2) is 0 Å². The van der Waals surface area contributed by atoms with Crippen molar-refractivity contribution < 1.29 is 9.53 Å². The number of aryl methyl sites for hydroxylation is 2. The standard InChI is InChI=1S/C30H25BrN2O2/c1-19-7-6-10-28(21(19)3)33-30(34)24(17-32)15-22-12-14-29(27(31)16-22)35-18-26-20(2)11-13-23-8-4-5-9-25(23)26/h4-16H,18H2,1-3H3,(H,33,34)/b24-15+. The van der Waals surface area contributed by atoms with Crippen LogP contribution in [0.1, 0.15) is 27.8 Å². The minimum Gasteiger partial charge on any atom is -0.488 e. The van der Waals surface area contributed by atoms with Crippen LogP contribution in [0.4, 0.5) is 5.69 Å². The molecule has 4 nitrogen and oxygen atoms in total. The van der Waals surface area contributed by atoms with E-state index in [0.717, 1.165) is 26.7 Å². The van der Waals surface area contributed by atoms with Crippen LogP contribution in [-0.4, -0.2) is 5.91 Å². The van der Waals surface area contributed by atoms with Crippen LogP contribution in [-0.2, 0) is 11.4 Å². The first kappa shape index (κ1) is 24.3. The highest BCUT2D eigenvalue weighted by Crippen LogP contribution is 2.30. The largest absolute Gasteiger partial charge is 0.488 e. The number of carbonyl (C=O) groups is 1. The van der Waals surface area contributed by atoms with Crippen molar-refractivity contribution in [3.63, 3.8) is 0 Å². The Kier molecular flexibility index (Phi) is 7.33. The predicted octanol–water partition coefficient (Wildman–Crippen LogP) is 7.65. The fourth-order valence-corrected chi connectivity index (χ4v) is 4.41. The first-order valence-electron chi connectivity index (χ1n) is 11.3. The number of halogens is 1. The Balaban J connectivity index is 1.51. The van der Waals surface area contributed by atoms with E-state index in [0.29, 0.717) is 18.0 Å². The highest BCUT2D eigenvalue weighted by molar-refractivity contribution is 9.10. The van der Waals surface area contributed by atoms with Gasteiger partial charge in [-0.2, -0.15) is 5.26 Å². The molecule has 0 heterocycles. The molecule has 4 aromatic rings. The lowest BCUT2D eigenvalue weighted by Crippen LogP contribution is -2.14. The summed E-state index contributed by atoms with van der Waals surface area (Å²) in [4.78, 5) is 12.7. The molecule has 0 atom stereocenters. The number of nitrogens with zero attached hydrogens (tertiary/aromatic N) is 1. The number of hydrogen-bond acceptors (Lipinski definition) is 3. The normalized spacial score (nSPS) is 11.2. The molecular weight excluding hydrogens is 500 g/mol. The zero-order valence-corrected chi connectivity index (χ0v) is 21.4. The van der Waals surface area contributed by atoms with E-state index in [1.807, 2.05) is 68.4 Å². The molecule has 0 saturated carbocycles. The molecule has 1 N–H and O–H groups in total. The Morgan fingerprint density at radius 2 is 1.80 bits per heavy atom. The molecule has 0 spiro atoms. The van der Waals surface area contributed by atoms with E-state index in [4.69, 9.17) is 4.74 Å². The van der Waals surface area contributed by atoms with E-state index >= 15 is 0 Å². The second-order valence-electron chi connectivity index (χ2n) is 8.43. The van der Waals surface area contributed by atoms with Crippen LogP contribution in [0.2, 0.25) is 0 Å². The number of amides is 1. The molecule has 0 fully saturated rings. The Hall–Kier alpha value is -3.88. The van der Waals surface area contributed by atoms with Gasteiger partial charge in [0, 0.05) is 11.3 Å². The minimum absolute atomic E-state index is 0.0258. The molecule has 4 rings (SSSR count). The number of anilines is 1. The van der Waals surface area contributed by atoms with Gasteiger partial charge in [0.25, 0.3) is 5.91 Å². The van der Waals surface area contributed by atoms with E-state index in [1.54, 1.807) is 6.08 Å². The second-order valence-corrected chi connectivity index (χ2v) is 9.29. The number of rotatable bonds is 6. The lowest BCUT2D eigenvalue weighted by Gasteiger charge is -2.13. The summed E-state index contributed by atoms with van der Waals surface area (Å²) in [5.74, 6) is 0.247. The van der Waals surface area contributed by atoms with Crippen LogP contribution in [0.3, 0.4) is 0 Å². The summed E-state index contributed by atoms with van der Waals surface area (Å²) < 4.78 is 6.88. The number of nitriles is 1. The van der Waals surface area contributed by atoms with Crippen molar-refractivity contribution in [2.45, 2.75) is 27.4 Å². The van der Waals surface area contributed by atoms with Crippen molar-refractivity contribution in [3.8, 4) is 11.8 Å². The molecule has 174 valence electrons. The highest BCUT2D eigenvalue weighted by atomic mass is 79.9. The number of benzene rings is 4. The van der Waals surface area contributed by atoms with Gasteiger partial charge in [0.1, 0.15) is 24.0 Å². The van der Waals surface area contributed by atoms with E-state index in [1.165, 1.54) is 16.3 Å². The lowest BCUT2D eigenvalue weighted by molar-refractivity contribution is -0.112. The van der Waals surface area contributed by atoms with Gasteiger partial charge in [-0.1, -0.05) is 54.6 Å². The van der Waals surface area contributed by atoms with Crippen molar-refractivity contribution in [1.82, 2.24) is 0 Å². The predicted molar refractivity (Wildman–Crippen MR) is 145 cm³/mol. The summed E-state index contributed by atoms with van der Waals surface area (Å²) in [6, 6.07) is 25.7. The molecule has 0 aromatic heterocycles. The molecule has 0 saturated heterocycles. The van der Waals surface area contributed by atoms with Crippen LogP contribution in [0.25, 0.3) is 16.8 Å². The zero-order chi connectivity index (χ0) is 24.9. The molecule has 1 amide bonds.